The SMILES string of the molecule is CC(C)CC(CN(C)C)NCCc1ccncc1. The lowest BCUT2D eigenvalue weighted by molar-refractivity contribution is 0.307. The average molecular weight is 249 g/mol. The quantitative estimate of drug-likeness (QED) is 0.765. The first kappa shape index (κ1) is 15.1. The van der Waals surface area contributed by atoms with E-state index in [2.05, 4.69) is 55.3 Å². The Morgan fingerprint density at radius 2 is 1.89 bits per heavy atom. The second-order valence-corrected chi connectivity index (χ2v) is 5.65. The molecule has 0 fully saturated rings. The molecule has 0 aliphatic rings. The van der Waals surface area contributed by atoms with Gasteiger partial charge in [0.05, 0.1) is 0 Å². The minimum atomic E-state index is 0.585. The van der Waals surface area contributed by atoms with Gasteiger partial charge in [-0.2, -0.15) is 0 Å². The van der Waals surface area contributed by atoms with Crippen LogP contribution in [0.15, 0.2) is 24.5 Å². The van der Waals surface area contributed by atoms with Gasteiger partial charge in [0, 0.05) is 25.0 Å². The van der Waals surface area contributed by atoms with Crippen LogP contribution in [0.3, 0.4) is 0 Å². The van der Waals surface area contributed by atoms with Crippen LogP contribution >= 0.6 is 0 Å². The fraction of sp³-hybridized carbons (Fsp3) is 0.667. The van der Waals surface area contributed by atoms with Crippen molar-refractivity contribution in [1.82, 2.24) is 15.2 Å². The van der Waals surface area contributed by atoms with Crippen molar-refractivity contribution < 1.29 is 0 Å². The molecule has 1 N–H and O–H groups in total. The molecule has 0 aliphatic heterocycles. The van der Waals surface area contributed by atoms with Crippen LogP contribution in [0.5, 0.6) is 0 Å². The zero-order chi connectivity index (χ0) is 13.4. The number of rotatable bonds is 8. The van der Waals surface area contributed by atoms with E-state index in [1.165, 1.54) is 12.0 Å². The third-order valence-corrected chi connectivity index (χ3v) is 2.94. The Bertz CT molecular complexity index is 299. The summed E-state index contributed by atoms with van der Waals surface area (Å²) in [5.74, 6) is 0.739. The normalized spacial score (nSPS) is 13.2. The maximum absolute atomic E-state index is 4.04. The Morgan fingerprint density at radius 3 is 2.44 bits per heavy atom. The first-order chi connectivity index (χ1) is 8.58. The average Bonchev–Trinajstić information content (AvgIpc) is 2.28. The van der Waals surface area contributed by atoms with Gasteiger partial charge in [-0.15, -0.1) is 0 Å². The number of nitrogens with one attached hydrogen (secondary N) is 1. The maximum Gasteiger partial charge on any atom is 0.0270 e. The first-order valence-electron chi connectivity index (χ1n) is 6.85. The zero-order valence-corrected chi connectivity index (χ0v) is 12.2. The van der Waals surface area contributed by atoms with Gasteiger partial charge in [0.1, 0.15) is 0 Å². The van der Waals surface area contributed by atoms with Crippen molar-refractivity contribution in [2.24, 2.45) is 5.92 Å². The summed E-state index contributed by atoms with van der Waals surface area (Å²) in [5, 5.41) is 3.67. The third kappa shape index (κ3) is 6.72. The number of nitrogens with zero attached hydrogens (tertiary/aromatic N) is 2. The van der Waals surface area contributed by atoms with Gasteiger partial charge in [-0.05, 0) is 57.1 Å². The maximum atomic E-state index is 4.04. The molecule has 0 saturated carbocycles. The highest BCUT2D eigenvalue weighted by molar-refractivity contribution is 5.09. The summed E-state index contributed by atoms with van der Waals surface area (Å²) in [6.45, 7) is 6.71. The number of likely N-dealkylation sites (N-methyl/N-ethyl adjacent to an activating group) is 1. The molecular formula is C15H27N3. The number of hydrogen-bond acceptors (Lipinski definition) is 3. The van der Waals surface area contributed by atoms with Crippen molar-refractivity contribution >= 4 is 0 Å². The van der Waals surface area contributed by atoms with E-state index in [0.29, 0.717) is 6.04 Å². The summed E-state index contributed by atoms with van der Waals surface area (Å²) in [6, 6.07) is 4.76. The molecular weight excluding hydrogens is 222 g/mol. The van der Waals surface area contributed by atoms with Gasteiger partial charge in [-0.1, -0.05) is 13.8 Å². The Morgan fingerprint density at radius 1 is 1.22 bits per heavy atom. The predicted molar refractivity (Wildman–Crippen MR) is 77.7 cm³/mol. The minimum absolute atomic E-state index is 0.585. The molecule has 1 aromatic rings. The predicted octanol–water partition coefficient (Wildman–Crippen LogP) is 2.19. The molecule has 3 nitrogen and oxygen atoms in total. The van der Waals surface area contributed by atoms with Gasteiger partial charge in [0.2, 0.25) is 0 Å². The summed E-state index contributed by atoms with van der Waals surface area (Å²) in [6.07, 6.45) is 6.03. The lowest BCUT2D eigenvalue weighted by Crippen LogP contribution is -2.40. The molecule has 0 aliphatic carbocycles. The lowest BCUT2D eigenvalue weighted by Gasteiger charge is -2.24. The third-order valence-electron chi connectivity index (χ3n) is 2.94. The molecule has 0 spiro atoms. The molecule has 1 aromatic heterocycles. The molecule has 18 heavy (non-hydrogen) atoms. The fourth-order valence-corrected chi connectivity index (χ4v) is 2.20. The molecule has 0 amide bonds. The van der Waals surface area contributed by atoms with Gasteiger partial charge in [-0.3, -0.25) is 4.98 Å². The van der Waals surface area contributed by atoms with Gasteiger partial charge in [0.15, 0.2) is 0 Å². The lowest BCUT2D eigenvalue weighted by atomic mass is 10.0. The summed E-state index contributed by atoms with van der Waals surface area (Å²) < 4.78 is 0. The van der Waals surface area contributed by atoms with Gasteiger partial charge in [0.25, 0.3) is 0 Å². The van der Waals surface area contributed by atoms with Gasteiger partial charge >= 0.3 is 0 Å². The second-order valence-electron chi connectivity index (χ2n) is 5.65. The Kier molecular flexibility index (Phi) is 6.91. The summed E-state index contributed by atoms with van der Waals surface area (Å²) in [5.41, 5.74) is 1.35. The molecule has 3 heteroatoms. The minimum Gasteiger partial charge on any atom is -0.312 e. The molecule has 1 unspecified atom stereocenters. The van der Waals surface area contributed by atoms with Crippen molar-refractivity contribution in [3.8, 4) is 0 Å². The second kappa shape index (κ2) is 8.22. The molecule has 0 bridgehead atoms. The molecule has 0 saturated heterocycles. The topological polar surface area (TPSA) is 28.2 Å². The largest absolute Gasteiger partial charge is 0.312 e. The monoisotopic (exact) mass is 249 g/mol. The van der Waals surface area contributed by atoms with Crippen LogP contribution in [0.4, 0.5) is 0 Å². The molecule has 1 heterocycles. The fourth-order valence-electron chi connectivity index (χ4n) is 2.20. The van der Waals surface area contributed by atoms with Gasteiger partial charge in [-0.25, -0.2) is 0 Å². The van der Waals surface area contributed by atoms with E-state index in [4.69, 9.17) is 0 Å². The van der Waals surface area contributed by atoms with E-state index < -0.39 is 0 Å². The Hall–Kier alpha value is -0.930. The molecule has 0 aromatic carbocycles. The molecule has 1 atom stereocenters. The Labute approximate surface area is 112 Å². The first-order valence-corrected chi connectivity index (χ1v) is 6.85. The summed E-state index contributed by atoms with van der Waals surface area (Å²) in [4.78, 5) is 6.30. The highest BCUT2D eigenvalue weighted by atomic mass is 15.1. The van der Waals surface area contributed by atoms with Gasteiger partial charge < -0.3 is 10.2 Å². The zero-order valence-electron chi connectivity index (χ0n) is 12.2. The van der Waals surface area contributed by atoms with E-state index >= 15 is 0 Å². The molecule has 1 rings (SSSR count). The number of pyridine rings is 1. The van der Waals surface area contributed by atoms with Crippen molar-refractivity contribution in [2.75, 3.05) is 27.2 Å². The van der Waals surface area contributed by atoms with E-state index in [1.54, 1.807) is 0 Å². The van der Waals surface area contributed by atoms with Crippen LogP contribution in [-0.4, -0.2) is 43.1 Å². The van der Waals surface area contributed by atoms with Crippen molar-refractivity contribution in [3.63, 3.8) is 0 Å². The van der Waals surface area contributed by atoms with Crippen LogP contribution in [0, 0.1) is 5.92 Å². The van der Waals surface area contributed by atoms with E-state index in [-0.39, 0.29) is 0 Å². The summed E-state index contributed by atoms with van der Waals surface area (Å²) >= 11 is 0. The van der Waals surface area contributed by atoms with Crippen LogP contribution < -0.4 is 5.32 Å². The van der Waals surface area contributed by atoms with Crippen LogP contribution in [0.25, 0.3) is 0 Å². The van der Waals surface area contributed by atoms with E-state index in [0.717, 1.165) is 25.4 Å². The smallest absolute Gasteiger partial charge is 0.0270 e. The highest BCUT2D eigenvalue weighted by Gasteiger charge is 2.11. The van der Waals surface area contributed by atoms with E-state index in [9.17, 15) is 0 Å². The van der Waals surface area contributed by atoms with Crippen molar-refractivity contribution in [1.29, 1.82) is 0 Å². The standard InChI is InChI=1S/C15H27N3/c1-13(2)11-15(12-18(3)4)17-10-7-14-5-8-16-9-6-14/h5-6,8-9,13,15,17H,7,10-12H2,1-4H3. The van der Waals surface area contributed by atoms with E-state index in [1.807, 2.05) is 12.4 Å². The van der Waals surface area contributed by atoms with Crippen LogP contribution in [-0.2, 0) is 6.42 Å². The highest BCUT2D eigenvalue weighted by Crippen LogP contribution is 2.06. The summed E-state index contributed by atoms with van der Waals surface area (Å²) in [7, 11) is 4.27. The number of hydrogen-bond donors (Lipinski definition) is 1. The van der Waals surface area contributed by atoms with Crippen LogP contribution in [0.1, 0.15) is 25.8 Å². The molecule has 0 radical (unpaired) electrons. The van der Waals surface area contributed by atoms with Crippen molar-refractivity contribution in [3.05, 3.63) is 30.1 Å². The van der Waals surface area contributed by atoms with Crippen molar-refractivity contribution in [2.45, 2.75) is 32.7 Å². The Balaban J connectivity index is 2.32. The molecule has 102 valence electrons. The van der Waals surface area contributed by atoms with Crippen LogP contribution in [0.2, 0.25) is 0 Å². The number of aromatic nitrogens is 1.